The van der Waals surface area contributed by atoms with Crippen LogP contribution in [0.5, 0.6) is 11.5 Å². The van der Waals surface area contributed by atoms with Crippen LogP contribution in [0, 0.1) is 0 Å². The number of benzene rings is 2. The number of ether oxygens (including phenoxy) is 2. The van der Waals surface area contributed by atoms with E-state index in [4.69, 9.17) is 9.47 Å². The largest absolute Gasteiger partial charge is 0.479 e. The molecule has 19 heavy (non-hydrogen) atoms. The van der Waals surface area contributed by atoms with Gasteiger partial charge in [-0.1, -0.05) is 49.4 Å². The van der Waals surface area contributed by atoms with Crippen LogP contribution in [-0.2, 0) is 0 Å². The summed E-state index contributed by atoms with van der Waals surface area (Å²) >= 11 is 0. The average Bonchev–Trinajstić information content (AvgIpc) is 2.47. The molecule has 2 aromatic carbocycles. The Morgan fingerprint density at radius 1 is 0.947 bits per heavy atom. The number of hydrogen-bond acceptors (Lipinski definition) is 2. The van der Waals surface area contributed by atoms with Crippen LogP contribution >= 0.6 is 0 Å². The van der Waals surface area contributed by atoms with E-state index in [1.165, 1.54) is 0 Å². The predicted octanol–water partition coefficient (Wildman–Crippen LogP) is 4.28. The van der Waals surface area contributed by atoms with Gasteiger partial charge in [-0.15, -0.1) is 0 Å². The molecule has 1 atom stereocenters. The fraction of sp³-hybridized carbons (Fsp3) is 0.176. The Labute approximate surface area is 113 Å². The van der Waals surface area contributed by atoms with Crippen molar-refractivity contribution in [3.8, 4) is 11.5 Å². The second-order valence-electron chi connectivity index (χ2n) is 4.52. The zero-order valence-corrected chi connectivity index (χ0v) is 10.9. The highest BCUT2D eigenvalue weighted by Gasteiger charge is 2.24. The maximum atomic E-state index is 5.98. The Morgan fingerprint density at radius 2 is 1.63 bits per heavy atom. The predicted molar refractivity (Wildman–Crippen MR) is 76.2 cm³/mol. The summed E-state index contributed by atoms with van der Waals surface area (Å²) in [6, 6.07) is 17.9. The number of fused-ring (bicyclic) bond motifs is 1. The van der Waals surface area contributed by atoms with Gasteiger partial charge in [-0.05, 0) is 30.2 Å². The van der Waals surface area contributed by atoms with Crippen molar-refractivity contribution in [1.82, 2.24) is 0 Å². The van der Waals surface area contributed by atoms with Gasteiger partial charge in [0.1, 0.15) is 5.76 Å². The highest BCUT2D eigenvalue weighted by molar-refractivity contribution is 5.55. The van der Waals surface area contributed by atoms with E-state index in [0.29, 0.717) is 0 Å². The van der Waals surface area contributed by atoms with Gasteiger partial charge in [-0.25, -0.2) is 0 Å². The molecule has 0 saturated heterocycles. The zero-order chi connectivity index (χ0) is 13.1. The lowest BCUT2D eigenvalue weighted by atomic mass is 10.1. The third-order valence-corrected chi connectivity index (χ3v) is 3.14. The minimum absolute atomic E-state index is 0.0184. The van der Waals surface area contributed by atoms with Crippen molar-refractivity contribution in [2.24, 2.45) is 0 Å². The Hall–Kier alpha value is -2.22. The zero-order valence-electron chi connectivity index (χ0n) is 10.9. The molecule has 0 radical (unpaired) electrons. The molecule has 1 unspecified atom stereocenters. The van der Waals surface area contributed by atoms with Crippen molar-refractivity contribution in [3.63, 3.8) is 0 Å². The van der Waals surface area contributed by atoms with Crippen LogP contribution in [0.1, 0.15) is 18.9 Å². The summed E-state index contributed by atoms with van der Waals surface area (Å²) in [7, 11) is 0. The van der Waals surface area contributed by atoms with Gasteiger partial charge in [0, 0.05) is 0 Å². The summed E-state index contributed by atoms with van der Waals surface area (Å²) in [6.45, 7) is 2.10. The molecule has 0 aromatic heterocycles. The van der Waals surface area contributed by atoms with Crippen LogP contribution in [0.2, 0.25) is 0 Å². The lowest BCUT2D eigenvalue weighted by Crippen LogP contribution is -2.26. The van der Waals surface area contributed by atoms with E-state index in [0.717, 1.165) is 29.2 Å². The van der Waals surface area contributed by atoms with Gasteiger partial charge in [0.25, 0.3) is 0 Å². The molecule has 0 saturated carbocycles. The third-order valence-electron chi connectivity index (χ3n) is 3.14. The Kier molecular flexibility index (Phi) is 3.23. The smallest absolute Gasteiger partial charge is 0.169 e. The van der Waals surface area contributed by atoms with Crippen molar-refractivity contribution in [3.05, 3.63) is 65.9 Å². The lowest BCUT2D eigenvalue weighted by Gasteiger charge is -2.28. The van der Waals surface area contributed by atoms with Crippen molar-refractivity contribution in [1.29, 1.82) is 0 Å². The second-order valence-corrected chi connectivity index (χ2v) is 4.52. The molecule has 0 aliphatic carbocycles. The van der Waals surface area contributed by atoms with Gasteiger partial charge in [0.15, 0.2) is 17.6 Å². The monoisotopic (exact) mass is 252 g/mol. The number of rotatable bonds is 2. The van der Waals surface area contributed by atoms with Crippen LogP contribution in [0.3, 0.4) is 0 Å². The second kappa shape index (κ2) is 5.19. The highest BCUT2D eigenvalue weighted by atomic mass is 16.6. The highest BCUT2D eigenvalue weighted by Crippen LogP contribution is 2.36. The minimum Gasteiger partial charge on any atom is -0.479 e. The van der Waals surface area contributed by atoms with Crippen LogP contribution < -0.4 is 9.47 Å². The summed E-state index contributed by atoms with van der Waals surface area (Å²) in [6.07, 6.45) is 2.91. The van der Waals surface area contributed by atoms with E-state index < -0.39 is 0 Å². The summed E-state index contributed by atoms with van der Waals surface area (Å²) in [5.74, 6) is 2.47. The van der Waals surface area contributed by atoms with Crippen molar-refractivity contribution in [2.75, 3.05) is 0 Å². The van der Waals surface area contributed by atoms with Crippen molar-refractivity contribution in [2.45, 2.75) is 19.4 Å². The Bertz CT molecular complexity index is 587. The maximum absolute atomic E-state index is 5.98. The van der Waals surface area contributed by atoms with E-state index in [-0.39, 0.29) is 6.10 Å². The SMILES string of the molecule is CCC1Oc2ccccc2O/C1=C/c1ccccc1. The molecular formula is C17H16O2. The fourth-order valence-electron chi connectivity index (χ4n) is 2.16. The summed E-state index contributed by atoms with van der Waals surface area (Å²) in [4.78, 5) is 0. The van der Waals surface area contributed by atoms with Gasteiger partial charge in [0.05, 0.1) is 0 Å². The minimum atomic E-state index is -0.0184. The first kappa shape index (κ1) is 11.8. The first-order valence-corrected chi connectivity index (χ1v) is 6.57. The lowest BCUT2D eigenvalue weighted by molar-refractivity contribution is 0.146. The summed E-state index contributed by atoms with van der Waals surface area (Å²) in [5.41, 5.74) is 1.12. The number of hydrogen-bond donors (Lipinski definition) is 0. The first-order valence-electron chi connectivity index (χ1n) is 6.57. The molecule has 0 amide bonds. The quantitative estimate of drug-likeness (QED) is 0.794. The van der Waals surface area contributed by atoms with E-state index in [1.54, 1.807) is 0 Å². The molecule has 0 fully saturated rings. The van der Waals surface area contributed by atoms with Crippen LogP contribution in [-0.4, -0.2) is 6.10 Å². The number of para-hydroxylation sites is 2. The summed E-state index contributed by atoms with van der Waals surface area (Å²) in [5, 5.41) is 0. The molecule has 0 N–H and O–H groups in total. The van der Waals surface area contributed by atoms with Gasteiger partial charge in [0.2, 0.25) is 0 Å². The van der Waals surface area contributed by atoms with E-state index in [9.17, 15) is 0 Å². The molecule has 1 heterocycles. The van der Waals surface area contributed by atoms with E-state index >= 15 is 0 Å². The molecule has 1 aliphatic heterocycles. The molecular weight excluding hydrogens is 236 g/mol. The van der Waals surface area contributed by atoms with Gasteiger partial charge >= 0.3 is 0 Å². The van der Waals surface area contributed by atoms with Crippen LogP contribution in [0.25, 0.3) is 6.08 Å². The summed E-state index contributed by atoms with van der Waals surface area (Å²) < 4.78 is 11.9. The molecule has 96 valence electrons. The van der Waals surface area contributed by atoms with E-state index in [1.807, 2.05) is 48.5 Å². The first-order chi connectivity index (χ1) is 9.36. The molecule has 3 rings (SSSR count). The molecule has 0 bridgehead atoms. The van der Waals surface area contributed by atoms with Gasteiger partial charge < -0.3 is 9.47 Å². The fourth-order valence-corrected chi connectivity index (χ4v) is 2.16. The van der Waals surface area contributed by atoms with E-state index in [2.05, 4.69) is 19.1 Å². The molecule has 2 aromatic rings. The maximum Gasteiger partial charge on any atom is 0.169 e. The normalized spacial score (nSPS) is 19.4. The van der Waals surface area contributed by atoms with Crippen LogP contribution in [0.15, 0.2) is 60.4 Å². The van der Waals surface area contributed by atoms with Gasteiger partial charge in [-0.3, -0.25) is 0 Å². The van der Waals surface area contributed by atoms with Gasteiger partial charge in [-0.2, -0.15) is 0 Å². The topological polar surface area (TPSA) is 18.5 Å². The standard InChI is InChI=1S/C17H16O2/c1-2-14-17(12-13-8-4-3-5-9-13)19-16-11-7-6-10-15(16)18-14/h3-12,14H,2H2,1H3/b17-12+. The Balaban J connectivity index is 1.95. The molecule has 2 nitrogen and oxygen atoms in total. The third kappa shape index (κ3) is 2.48. The van der Waals surface area contributed by atoms with Crippen LogP contribution in [0.4, 0.5) is 0 Å². The van der Waals surface area contributed by atoms with Crippen molar-refractivity contribution < 1.29 is 9.47 Å². The average molecular weight is 252 g/mol. The Morgan fingerprint density at radius 3 is 2.37 bits per heavy atom. The molecule has 0 spiro atoms. The molecule has 1 aliphatic rings. The molecule has 2 heteroatoms. The van der Waals surface area contributed by atoms with Crippen molar-refractivity contribution >= 4 is 6.08 Å².